The smallest absolute Gasteiger partial charge is 0.348 e. The molecule has 0 unspecified atom stereocenters. The molecule has 6 heteroatoms. The van der Waals surface area contributed by atoms with Crippen LogP contribution in [0.5, 0.6) is 0 Å². The Kier molecular flexibility index (Phi) is 7.68. The quantitative estimate of drug-likeness (QED) is 0.442. The van der Waals surface area contributed by atoms with E-state index in [0.717, 1.165) is 41.4 Å². The van der Waals surface area contributed by atoms with Crippen LogP contribution in [0.15, 0.2) is 11.1 Å². The maximum atomic E-state index is 11.2. The molecule has 2 fully saturated rings. The molecular weight excluding hydrogens is 282 g/mol. The first-order valence-electron chi connectivity index (χ1n) is 6.15. The van der Waals surface area contributed by atoms with E-state index in [1.807, 2.05) is 6.07 Å². The number of ether oxygens (including phenoxy) is 1. The fourth-order valence-corrected chi connectivity index (χ4v) is 3.54. The van der Waals surface area contributed by atoms with Crippen LogP contribution in [0.25, 0.3) is 0 Å². The van der Waals surface area contributed by atoms with Crippen molar-refractivity contribution in [1.82, 2.24) is 0 Å². The lowest BCUT2D eigenvalue weighted by molar-refractivity contribution is -0.138. The van der Waals surface area contributed by atoms with Crippen LogP contribution >= 0.6 is 23.5 Å². The molecule has 0 saturated carbocycles. The molecule has 0 aromatic rings. The zero-order chi connectivity index (χ0) is 14.1. The summed E-state index contributed by atoms with van der Waals surface area (Å²) in [6.45, 7) is 2.06. The maximum absolute atomic E-state index is 11.2. The van der Waals surface area contributed by atoms with Gasteiger partial charge in [0, 0.05) is 17.9 Å². The van der Waals surface area contributed by atoms with Gasteiger partial charge in [0.15, 0.2) is 0 Å². The van der Waals surface area contributed by atoms with Gasteiger partial charge in [-0.25, -0.2) is 4.79 Å². The summed E-state index contributed by atoms with van der Waals surface area (Å²) in [6, 6.07) is 1.92. The largest absolute Gasteiger partial charge is 0.462 e. The number of hydrogen-bond donors (Lipinski definition) is 0. The average molecular weight is 299 g/mol. The molecule has 0 spiro atoms. The number of nitrogens with zero attached hydrogens (tertiary/aromatic N) is 1. The van der Waals surface area contributed by atoms with Crippen LogP contribution in [-0.2, 0) is 14.3 Å². The number of ketones is 1. The number of nitriles is 1. The van der Waals surface area contributed by atoms with Crippen LogP contribution in [0, 0.1) is 11.3 Å². The van der Waals surface area contributed by atoms with Crippen LogP contribution in [-0.4, -0.2) is 41.4 Å². The van der Waals surface area contributed by atoms with Crippen molar-refractivity contribution in [3.05, 3.63) is 11.1 Å². The van der Waals surface area contributed by atoms with E-state index in [9.17, 15) is 9.59 Å². The second-order valence-corrected chi connectivity index (χ2v) is 6.17. The molecule has 2 aliphatic rings. The standard InChI is InChI=1S/C9H11NO2S.C4H6OS/c1-2-12-9(11)8(5-10)7-3-4-13-6-7;5-4-1-2-6-3-4/h2-4,6H2,1H3;1-3H2. The first-order valence-corrected chi connectivity index (χ1v) is 8.46. The highest BCUT2D eigenvalue weighted by Crippen LogP contribution is 2.25. The highest BCUT2D eigenvalue weighted by molar-refractivity contribution is 8.00. The molecule has 0 aliphatic carbocycles. The Labute approximate surface area is 121 Å². The van der Waals surface area contributed by atoms with Gasteiger partial charge in [-0.3, -0.25) is 4.79 Å². The highest BCUT2D eigenvalue weighted by Gasteiger charge is 2.19. The summed E-state index contributed by atoms with van der Waals surface area (Å²) in [5.74, 6) is 3.56. The molecule has 0 aromatic carbocycles. The number of carbonyl (C=O) groups excluding carboxylic acids is 2. The second-order valence-electron chi connectivity index (χ2n) is 3.95. The topological polar surface area (TPSA) is 67.2 Å². The van der Waals surface area contributed by atoms with Crippen LogP contribution in [0.3, 0.4) is 0 Å². The number of hydrogen-bond acceptors (Lipinski definition) is 6. The summed E-state index contributed by atoms with van der Waals surface area (Å²) in [7, 11) is 0. The summed E-state index contributed by atoms with van der Waals surface area (Å²) in [4.78, 5) is 21.5. The van der Waals surface area contributed by atoms with E-state index < -0.39 is 5.97 Å². The Bertz CT molecular complexity index is 397. The van der Waals surface area contributed by atoms with E-state index in [-0.39, 0.29) is 5.57 Å². The Morgan fingerprint density at radius 2 is 2.00 bits per heavy atom. The predicted molar refractivity (Wildman–Crippen MR) is 78.2 cm³/mol. The van der Waals surface area contributed by atoms with Crippen molar-refractivity contribution in [1.29, 1.82) is 5.26 Å². The SMILES string of the molecule is CCOC(=O)C(C#N)=C1CCSC1.O=C1CCSC1. The third-order valence-corrected chi connectivity index (χ3v) is 4.62. The summed E-state index contributed by atoms with van der Waals surface area (Å²) in [5, 5.41) is 8.77. The number of thioether (sulfide) groups is 2. The van der Waals surface area contributed by atoms with Gasteiger partial charge in [-0.2, -0.15) is 28.8 Å². The molecule has 2 aliphatic heterocycles. The van der Waals surface area contributed by atoms with Crippen molar-refractivity contribution in [2.75, 3.05) is 29.6 Å². The van der Waals surface area contributed by atoms with Gasteiger partial charge in [0.1, 0.15) is 17.4 Å². The van der Waals surface area contributed by atoms with Gasteiger partial charge in [-0.05, 0) is 24.7 Å². The fourth-order valence-electron chi connectivity index (χ4n) is 1.58. The van der Waals surface area contributed by atoms with Crippen LogP contribution in [0.1, 0.15) is 19.8 Å². The van der Waals surface area contributed by atoms with Crippen molar-refractivity contribution >= 4 is 35.3 Å². The Morgan fingerprint density at radius 1 is 1.32 bits per heavy atom. The molecule has 2 heterocycles. The molecule has 0 radical (unpaired) electrons. The van der Waals surface area contributed by atoms with Crippen LogP contribution in [0.4, 0.5) is 0 Å². The highest BCUT2D eigenvalue weighted by atomic mass is 32.2. The molecule has 2 saturated heterocycles. The Morgan fingerprint density at radius 3 is 2.37 bits per heavy atom. The molecular formula is C13H17NO3S2. The van der Waals surface area contributed by atoms with E-state index in [0.29, 0.717) is 12.4 Å². The molecule has 104 valence electrons. The lowest BCUT2D eigenvalue weighted by Gasteiger charge is -2.01. The van der Waals surface area contributed by atoms with Crippen molar-refractivity contribution in [3.63, 3.8) is 0 Å². The van der Waals surface area contributed by atoms with Gasteiger partial charge >= 0.3 is 5.97 Å². The molecule has 0 atom stereocenters. The number of rotatable bonds is 2. The minimum atomic E-state index is -0.470. The van der Waals surface area contributed by atoms with Gasteiger partial charge in [-0.1, -0.05) is 0 Å². The monoisotopic (exact) mass is 299 g/mol. The molecule has 19 heavy (non-hydrogen) atoms. The van der Waals surface area contributed by atoms with Gasteiger partial charge in [0.05, 0.1) is 12.4 Å². The van der Waals surface area contributed by atoms with Gasteiger partial charge < -0.3 is 4.74 Å². The third kappa shape index (κ3) is 5.70. The van der Waals surface area contributed by atoms with Crippen molar-refractivity contribution < 1.29 is 14.3 Å². The number of carbonyl (C=O) groups is 2. The number of esters is 1. The first-order chi connectivity index (χ1) is 9.19. The fraction of sp³-hybridized carbons (Fsp3) is 0.615. The molecule has 4 nitrogen and oxygen atoms in total. The molecule has 0 bridgehead atoms. The van der Waals surface area contributed by atoms with E-state index >= 15 is 0 Å². The van der Waals surface area contributed by atoms with Crippen LogP contribution in [0.2, 0.25) is 0 Å². The number of Topliss-reactive ketones (excluding diaryl/α,β-unsaturated/α-hetero) is 1. The van der Waals surface area contributed by atoms with E-state index in [4.69, 9.17) is 10.00 Å². The lowest BCUT2D eigenvalue weighted by Crippen LogP contribution is -2.08. The summed E-state index contributed by atoms with van der Waals surface area (Å²) in [6.07, 6.45) is 1.65. The van der Waals surface area contributed by atoms with Crippen LogP contribution < -0.4 is 0 Å². The molecule has 0 aromatic heterocycles. The van der Waals surface area contributed by atoms with E-state index in [1.165, 1.54) is 0 Å². The van der Waals surface area contributed by atoms with Gasteiger partial charge in [0.2, 0.25) is 0 Å². The van der Waals surface area contributed by atoms with Crippen molar-refractivity contribution in [2.45, 2.75) is 19.8 Å². The molecule has 2 rings (SSSR count). The van der Waals surface area contributed by atoms with E-state index in [1.54, 1.807) is 30.4 Å². The van der Waals surface area contributed by atoms with Crippen molar-refractivity contribution in [3.8, 4) is 6.07 Å². The lowest BCUT2D eigenvalue weighted by atomic mass is 10.1. The van der Waals surface area contributed by atoms with Gasteiger partial charge in [-0.15, -0.1) is 0 Å². The minimum Gasteiger partial charge on any atom is -0.462 e. The molecule has 0 amide bonds. The minimum absolute atomic E-state index is 0.215. The summed E-state index contributed by atoms with van der Waals surface area (Å²) < 4.78 is 4.78. The second kappa shape index (κ2) is 9.05. The Hall–Kier alpha value is -0.930. The summed E-state index contributed by atoms with van der Waals surface area (Å²) in [5.41, 5.74) is 1.15. The third-order valence-electron chi connectivity index (χ3n) is 2.56. The Balaban J connectivity index is 0.000000250. The molecule has 0 N–H and O–H groups in total. The zero-order valence-electron chi connectivity index (χ0n) is 10.9. The average Bonchev–Trinajstić information content (AvgIpc) is 3.05. The zero-order valence-corrected chi connectivity index (χ0v) is 12.6. The maximum Gasteiger partial charge on any atom is 0.348 e. The van der Waals surface area contributed by atoms with Crippen molar-refractivity contribution in [2.24, 2.45) is 0 Å². The normalized spacial score (nSPS) is 20.3. The summed E-state index contributed by atoms with van der Waals surface area (Å²) >= 11 is 3.48. The van der Waals surface area contributed by atoms with Gasteiger partial charge in [0.25, 0.3) is 0 Å². The predicted octanol–water partition coefficient (Wildman–Crippen LogP) is 2.20. The first kappa shape index (κ1) is 16.1. The van der Waals surface area contributed by atoms with E-state index in [2.05, 4.69) is 0 Å².